The molecule has 0 fully saturated rings. The summed E-state index contributed by atoms with van der Waals surface area (Å²) in [6.45, 7) is 8.24. The Morgan fingerprint density at radius 2 is 2.25 bits per heavy atom. The topological polar surface area (TPSA) is 43.6 Å². The molecule has 4 nitrogen and oxygen atoms in total. The van der Waals surface area contributed by atoms with Gasteiger partial charge in [0.2, 0.25) is 0 Å². The van der Waals surface area contributed by atoms with Gasteiger partial charge in [-0.15, -0.1) is 11.6 Å². The van der Waals surface area contributed by atoms with E-state index in [4.69, 9.17) is 16.3 Å². The maximum Gasteiger partial charge on any atom is 0.138 e. The van der Waals surface area contributed by atoms with Gasteiger partial charge in [-0.1, -0.05) is 19.6 Å². The molecule has 20 heavy (non-hydrogen) atoms. The van der Waals surface area contributed by atoms with Crippen LogP contribution in [0.5, 0.6) is 0 Å². The van der Waals surface area contributed by atoms with Gasteiger partial charge in [-0.05, 0) is 12.1 Å². The van der Waals surface area contributed by atoms with Crippen molar-refractivity contribution in [3.8, 4) is 0 Å². The molecule has 2 atom stereocenters. The third-order valence-corrected chi connectivity index (χ3v) is 5.58. The number of fused-ring (bicyclic) bond motifs is 1. The van der Waals surface area contributed by atoms with E-state index in [1.54, 1.807) is 6.21 Å². The van der Waals surface area contributed by atoms with E-state index in [-0.39, 0.29) is 11.3 Å². The highest BCUT2D eigenvalue weighted by atomic mass is 35.5. The summed E-state index contributed by atoms with van der Waals surface area (Å²) < 4.78 is 7.66. The molecule has 1 aliphatic heterocycles. The Labute approximate surface area is 125 Å². The van der Waals surface area contributed by atoms with Gasteiger partial charge in [0.1, 0.15) is 18.8 Å². The standard InChI is InChI=1S/C14H21ClN2O2Si/c1-20(2,3)7-6-19-10-17-5-4-12-13(15)11(9-18)8-16-14(12)17/h4-5,8-9,11,13H,6-7,10H2,1-3H3. The SMILES string of the molecule is C[Si](C)(C)CCOCn1ccc2c1N=CC(C=O)C2Cl. The second-order valence-electron chi connectivity index (χ2n) is 6.31. The summed E-state index contributed by atoms with van der Waals surface area (Å²) in [5.41, 5.74) is 0.903. The first kappa shape index (κ1) is 15.5. The number of carbonyl (C=O) groups excluding carboxylic acids is 1. The van der Waals surface area contributed by atoms with Crippen molar-refractivity contribution >= 4 is 38.0 Å². The molecule has 0 amide bonds. The van der Waals surface area contributed by atoms with Crippen molar-refractivity contribution in [3.63, 3.8) is 0 Å². The van der Waals surface area contributed by atoms with Gasteiger partial charge in [0.05, 0.1) is 11.3 Å². The maximum absolute atomic E-state index is 10.9. The van der Waals surface area contributed by atoms with Crippen molar-refractivity contribution in [3.05, 3.63) is 17.8 Å². The average Bonchev–Trinajstić information content (AvgIpc) is 2.78. The normalized spacial score (nSPS) is 21.8. The molecule has 0 spiro atoms. The third-order valence-electron chi connectivity index (χ3n) is 3.35. The third kappa shape index (κ3) is 3.59. The van der Waals surface area contributed by atoms with Crippen LogP contribution in [-0.2, 0) is 16.3 Å². The van der Waals surface area contributed by atoms with Crippen LogP contribution in [0.1, 0.15) is 10.9 Å². The van der Waals surface area contributed by atoms with E-state index in [0.29, 0.717) is 6.73 Å². The van der Waals surface area contributed by atoms with E-state index in [2.05, 4.69) is 24.6 Å². The molecule has 1 aromatic rings. The van der Waals surface area contributed by atoms with E-state index in [9.17, 15) is 4.79 Å². The lowest BCUT2D eigenvalue weighted by Gasteiger charge is -2.19. The Morgan fingerprint density at radius 3 is 2.90 bits per heavy atom. The number of hydrogen-bond donors (Lipinski definition) is 0. The molecule has 0 aromatic carbocycles. The highest BCUT2D eigenvalue weighted by Crippen LogP contribution is 2.38. The average molecular weight is 313 g/mol. The molecule has 1 aromatic heterocycles. The monoisotopic (exact) mass is 312 g/mol. The number of rotatable bonds is 6. The first-order chi connectivity index (χ1) is 9.42. The van der Waals surface area contributed by atoms with Crippen molar-refractivity contribution in [2.45, 2.75) is 37.8 Å². The van der Waals surface area contributed by atoms with E-state index in [1.807, 2.05) is 16.8 Å². The molecule has 1 aliphatic rings. The Morgan fingerprint density at radius 1 is 1.50 bits per heavy atom. The van der Waals surface area contributed by atoms with Crippen molar-refractivity contribution < 1.29 is 9.53 Å². The summed E-state index contributed by atoms with van der Waals surface area (Å²) in [6, 6.07) is 3.06. The van der Waals surface area contributed by atoms with Crippen molar-refractivity contribution in [2.24, 2.45) is 10.9 Å². The number of nitrogens with zero attached hydrogens (tertiary/aromatic N) is 2. The Kier molecular flexibility index (Phi) is 4.83. The Bertz CT molecular complexity index is 508. The summed E-state index contributed by atoms with van der Waals surface area (Å²) in [7, 11) is -1.06. The fourth-order valence-corrected chi connectivity index (χ4v) is 3.09. The molecule has 0 bridgehead atoms. The summed E-state index contributed by atoms with van der Waals surface area (Å²) in [5.74, 6) is 0.462. The van der Waals surface area contributed by atoms with Crippen LogP contribution in [0.3, 0.4) is 0 Å². The lowest BCUT2D eigenvalue weighted by Crippen LogP contribution is -2.22. The smallest absolute Gasteiger partial charge is 0.138 e. The minimum absolute atomic E-state index is 0.330. The first-order valence-corrected chi connectivity index (χ1v) is 11.0. The predicted molar refractivity (Wildman–Crippen MR) is 84.8 cm³/mol. The zero-order chi connectivity index (χ0) is 14.8. The number of aldehydes is 1. The minimum atomic E-state index is -1.06. The molecular formula is C14H21ClN2O2Si. The molecule has 0 N–H and O–H groups in total. The maximum atomic E-state index is 10.9. The number of hydrogen-bond acceptors (Lipinski definition) is 3. The Hall–Kier alpha value is -0.913. The van der Waals surface area contributed by atoms with E-state index < -0.39 is 8.07 Å². The molecule has 0 aliphatic carbocycles. The van der Waals surface area contributed by atoms with Gasteiger partial charge < -0.3 is 14.1 Å². The molecule has 0 radical (unpaired) electrons. The van der Waals surface area contributed by atoms with Gasteiger partial charge in [-0.3, -0.25) is 0 Å². The van der Waals surface area contributed by atoms with Crippen LogP contribution in [-0.4, -0.2) is 31.7 Å². The molecule has 2 unspecified atom stereocenters. The minimum Gasteiger partial charge on any atom is -0.361 e. The number of aliphatic imine (C=N–C) groups is 1. The summed E-state index contributed by atoms with van der Waals surface area (Å²) in [6.07, 6.45) is 4.37. The zero-order valence-corrected chi connectivity index (χ0v) is 13.9. The predicted octanol–water partition coefficient (Wildman–Crippen LogP) is 3.61. The first-order valence-electron chi connectivity index (χ1n) is 6.83. The molecule has 2 heterocycles. The van der Waals surface area contributed by atoms with E-state index in [0.717, 1.165) is 30.3 Å². The van der Waals surface area contributed by atoms with Gasteiger partial charge in [-0.2, -0.15) is 0 Å². The molecule has 6 heteroatoms. The second-order valence-corrected chi connectivity index (χ2v) is 12.4. The lowest BCUT2D eigenvalue weighted by atomic mass is 10.0. The van der Waals surface area contributed by atoms with E-state index >= 15 is 0 Å². The van der Waals surface area contributed by atoms with Crippen LogP contribution in [0.15, 0.2) is 17.3 Å². The van der Waals surface area contributed by atoms with Crippen LogP contribution >= 0.6 is 11.6 Å². The molecule has 2 rings (SSSR count). The zero-order valence-electron chi connectivity index (χ0n) is 12.2. The van der Waals surface area contributed by atoms with Gasteiger partial charge in [0.15, 0.2) is 0 Å². The summed E-state index contributed by atoms with van der Waals surface area (Å²) in [4.78, 5) is 15.2. The highest BCUT2D eigenvalue weighted by molar-refractivity contribution is 6.76. The van der Waals surface area contributed by atoms with Crippen LogP contribution < -0.4 is 0 Å². The summed E-state index contributed by atoms with van der Waals surface area (Å²) in [5, 5.41) is -0.330. The molecule has 0 saturated heterocycles. The van der Waals surface area contributed by atoms with Crippen LogP contribution in [0.2, 0.25) is 25.7 Å². The molecular weight excluding hydrogens is 292 g/mol. The van der Waals surface area contributed by atoms with Crippen LogP contribution in [0, 0.1) is 5.92 Å². The van der Waals surface area contributed by atoms with Crippen LogP contribution in [0.25, 0.3) is 0 Å². The summed E-state index contributed by atoms with van der Waals surface area (Å²) >= 11 is 6.28. The Balaban J connectivity index is 1.97. The fourth-order valence-electron chi connectivity index (χ4n) is 2.03. The number of halogens is 1. The largest absolute Gasteiger partial charge is 0.361 e. The van der Waals surface area contributed by atoms with Crippen LogP contribution in [0.4, 0.5) is 5.82 Å². The number of aromatic nitrogens is 1. The molecule has 0 saturated carbocycles. The highest BCUT2D eigenvalue weighted by Gasteiger charge is 2.27. The van der Waals surface area contributed by atoms with Gasteiger partial charge in [0.25, 0.3) is 0 Å². The fraction of sp³-hybridized carbons (Fsp3) is 0.571. The quantitative estimate of drug-likeness (QED) is 0.348. The number of carbonyl (C=O) groups is 1. The van der Waals surface area contributed by atoms with Crippen molar-refractivity contribution in [1.29, 1.82) is 0 Å². The van der Waals surface area contributed by atoms with Gasteiger partial charge in [0, 0.05) is 32.7 Å². The van der Waals surface area contributed by atoms with Gasteiger partial charge in [-0.25, -0.2) is 4.99 Å². The number of alkyl halides is 1. The second kappa shape index (κ2) is 6.24. The van der Waals surface area contributed by atoms with E-state index in [1.165, 1.54) is 0 Å². The van der Waals surface area contributed by atoms with Crippen molar-refractivity contribution in [1.82, 2.24) is 4.57 Å². The van der Waals surface area contributed by atoms with Gasteiger partial charge >= 0.3 is 0 Å². The van der Waals surface area contributed by atoms with Crippen molar-refractivity contribution in [2.75, 3.05) is 6.61 Å². The number of ether oxygens (including phenoxy) is 1. The molecule has 110 valence electrons. The lowest BCUT2D eigenvalue weighted by molar-refractivity contribution is -0.109.